The number of aromatic nitrogens is 4. The number of aliphatic hydroxyl groups is 2. The summed E-state index contributed by atoms with van der Waals surface area (Å²) in [5.74, 6) is -2.14. The van der Waals surface area contributed by atoms with Gasteiger partial charge in [-0.15, -0.1) is 0 Å². The molecular formula is C26H42N7O17P3S. The van der Waals surface area contributed by atoms with Crippen molar-refractivity contribution in [3.8, 4) is 0 Å². The summed E-state index contributed by atoms with van der Waals surface area (Å²) in [6.45, 7) is 3.68. The monoisotopic (exact) mass is 849 g/mol. The third kappa shape index (κ3) is 12.4. The fourth-order valence-corrected chi connectivity index (χ4v) is 7.55. The van der Waals surface area contributed by atoms with Crippen molar-refractivity contribution in [1.29, 1.82) is 0 Å². The molecule has 54 heavy (non-hydrogen) atoms. The summed E-state index contributed by atoms with van der Waals surface area (Å²) < 4.78 is 62.2. The van der Waals surface area contributed by atoms with Gasteiger partial charge in [0.25, 0.3) is 0 Å². The Bertz CT molecular complexity index is 1870. The number of phosphoric acid groups is 3. The molecule has 1 aliphatic rings. The molecule has 7 atom stereocenters. The van der Waals surface area contributed by atoms with Gasteiger partial charge in [0.2, 0.25) is 23.4 Å². The summed E-state index contributed by atoms with van der Waals surface area (Å²) in [6, 6.07) is 0. The van der Waals surface area contributed by atoms with E-state index in [1.807, 2.05) is 0 Å². The second kappa shape index (κ2) is 18.5. The summed E-state index contributed by atoms with van der Waals surface area (Å²) in [4.78, 5) is 88.3. The van der Waals surface area contributed by atoms with Crippen LogP contribution in [0, 0.1) is 5.41 Å². The number of phosphoric ester groups is 3. The maximum absolute atomic E-state index is 12.7. The van der Waals surface area contributed by atoms with Crippen LogP contribution in [0.5, 0.6) is 0 Å². The van der Waals surface area contributed by atoms with Gasteiger partial charge < -0.3 is 50.9 Å². The molecule has 0 radical (unpaired) electrons. The number of amides is 2. The Morgan fingerprint density at radius 1 is 1.11 bits per heavy atom. The number of nitrogens with one attached hydrogen (secondary N) is 2. The second-order valence-electron chi connectivity index (χ2n) is 12.3. The number of ether oxygens (including phenoxy) is 1. The van der Waals surface area contributed by atoms with Crippen molar-refractivity contribution < 1.29 is 80.5 Å². The fraction of sp³-hybridized carbons (Fsp3) is 0.615. The first-order valence-corrected chi connectivity index (χ1v) is 20.8. The van der Waals surface area contributed by atoms with Crippen LogP contribution in [0.1, 0.15) is 51.0 Å². The first-order chi connectivity index (χ1) is 24.9. The highest BCUT2D eigenvalue weighted by molar-refractivity contribution is 7.80. The Balaban J connectivity index is 1.70. The minimum Gasteiger partial charge on any atom is -0.386 e. The molecule has 2 aromatic rings. The van der Waals surface area contributed by atoms with Crippen LogP contribution in [-0.2, 0) is 45.9 Å². The van der Waals surface area contributed by atoms with Crippen molar-refractivity contribution in [1.82, 2.24) is 30.2 Å². The number of carbonyl (C=O) groups excluding carboxylic acids is 3. The number of nitrogen functional groups attached to an aromatic ring is 1. The number of allylic oxidation sites excluding steroid dienone is 2. The zero-order valence-corrected chi connectivity index (χ0v) is 32.7. The number of hydrogen-bond acceptors (Lipinski definition) is 18. The predicted molar refractivity (Wildman–Crippen MR) is 187 cm³/mol. The minimum atomic E-state index is -5.61. The smallest absolute Gasteiger partial charge is 0.386 e. The van der Waals surface area contributed by atoms with E-state index >= 15 is 0 Å². The van der Waals surface area contributed by atoms with Gasteiger partial charge in [0.05, 0.1) is 19.5 Å². The van der Waals surface area contributed by atoms with Crippen LogP contribution in [0.4, 0.5) is 5.82 Å². The number of thiol groups is 1. The van der Waals surface area contributed by atoms with Crippen molar-refractivity contribution in [2.45, 2.75) is 64.8 Å². The molecule has 3 rings (SSSR count). The number of aliphatic hydroxyl groups excluding tert-OH is 2. The van der Waals surface area contributed by atoms with E-state index in [1.54, 1.807) is 6.92 Å². The second-order valence-corrected chi connectivity index (χ2v) is 17.0. The molecule has 0 aromatic carbocycles. The van der Waals surface area contributed by atoms with Gasteiger partial charge in [-0.25, -0.2) is 28.6 Å². The molecule has 1 aliphatic heterocycles. The fourth-order valence-electron chi connectivity index (χ4n) is 4.61. The Morgan fingerprint density at radius 3 is 2.37 bits per heavy atom. The highest BCUT2D eigenvalue weighted by Gasteiger charge is 2.50. The lowest BCUT2D eigenvalue weighted by atomic mass is 9.87. The highest BCUT2D eigenvalue weighted by atomic mass is 32.1. The molecule has 0 saturated carbocycles. The minimum absolute atomic E-state index is 0.0551. The average molecular weight is 850 g/mol. The van der Waals surface area contributed by atoms with E-state index in [0.29, 0.717) is 12.3 Å². The lowest BCUT2D eigenvalue weighted by Crippen LogP contribution is -2.46. The summed E-state index contributed by atoms with van der Waals surface area (Å²) in [6.07, 6.45) is -6.87. The van der Waals surface area contributed by atoms with E-state index in [0.717, 1.165) is 10.9 Å². The van der Waals surface area contributed by atoms with Crippen molar-refractivity contribution in [3.05, 3.63) is 23.8 Å². The van der Waals surface area contributed by atoms with E-state index in [-0.39, 0.29) is 47.3 Å². The van der Waals surface area contributed by atoms with E-state index < -0.39 is 84.4 Å². The zero-order valence-electron chi connectivity index (χ0n) is 29.1. The van der Waals surface area contributed by atoms with Gasteiger partial charge in [-0.05, 0) is 19.4 Å². The summed E-state index contributed by atoms with van der Waals surface area (Å²) in [7, 11) is -16.5. The molecule has 304 valence electrons. The van der Waals surface area contributed by atoms with Crippen LogP contribution in [0.3, 0.4) is 0 Å². The number of imidazole rings is 1. The predicted octanol–water partition coefficient (Wildman–Crippen LogP) is -0.516. The quantitative estimate of drug-likeness (QED) is 0.0347. The Kier molecular flexibility index (Phi) is 15.6. The van der Waals surface area contributed by atoms with Crippen molar-refractivity contribution >= 4 is 70.7 Å². The van der Waals surface area contributed by atoms with Crippen molar-refractivity contribution in [2.75, 3.05) is 37.8 Å². The van der Waals surface area contributed by atoms with Crippen LogP contribution in [0.2, 0.25) is 0 Å². The Hall–Kier alpha value is -2.70. The Morgan fingerprint density at radius 2 is 1.76 bits per heavy atom. The summed E-state index contributed by atoms with van der Waals surface area (Å²) in [5, 5.41) is 26.4. The summed E-state index contributed by atoms with van der Waals surface area (Å²) in [5.41, 5.74) is 4.40. The van der Waals surface area contributed by atoms with Gasteiger partial charge in [-0.3, -0.25) is 32.5 Å². The van der Waals surface area contributed by atoms with Gasteiger partial charge in [-0.2, -0.15) is 16.9 Å². The number of carbonyl (C=O) groups is 3. The number of nitrogens with two attached hydrogens (primary N) is 1. The van der Waals surface area contributed by atoms with Crippen LogP contribution in [0.25, 0.3) is 11.2 Å². The number of rotatable bonds is 20. The number of nitrogens with zero attached hydrogens (tertiary/aromatic N) is 4. The van der Waals surface area contributed by atoms with Crippen LogP contribution >= 0.6 is 36.1 Å². The molecule has 2 unspecified atom stereocenters. The highest BCUT2D eigenvalue weighted by Crippen LogP contribution is 2.61. The molecule has 1 saturated heterocycles. The van der Waals surface area contributed by atoms with Crippen LogP contribution < -0.4 is 16.4 Å². The van der Waals surface area contributed by atoms with Gasteiger partial charge in [0, 0.05) is 30.7 Å². The standard InChI is InChI=1S/C26H42N7O17P3S/c1-5-13(2)17(35)22-31-21(27)16-23(32-22)33(12-30-16)25-18(36)19(49-51(39,40)41)14(48-25)10-46-52(42,43)50-53(44,45)47-11-26(3,4)20(37)24(38)29-7-6-15(34)28-8-9-54/h5,12,14,18-20,25,36-37,54H,6-11H2,1-4H3,(H,28,34)(H,29,38)(H,42,43)(H,44,45)(H2,27,31,32)(H2,39,40,41)/t14-,18-,19-,20+,25-/m1/s1. The molecule has 0 bridgehead atoms. The van der Waals surface area contributed by atoms with E-state index in [1.165, 1.54) is 26.8 Å². The molecule has 10 N–H and O–H groups in total. The number of anilines is 1. The van der Waals surface area contributed by atoms with Crippen LogP contribution in [-0.4, -0.2) is 123 Å². The SMILES string of the molecule is CC=C(C)C(=O)c1nc(N)c2ncn([C@@H]3O[C@H](COP(=O)(O)OP(=O)(O)OCC(C)(C)[C@@H](O)C(=O)NCCC(=O)NCCS)[C@@H](OP(=O)(O)O)[C@H]3O)c2n1. The molecule has 24 nitrogen and oxygen atoms in total. The van der Waals surface area contributed by atoms with Gasteiger partial charge >= 0.3 is 23.5 Å². The largest absolute Gasteiger partial charge is 0.481 e. The normalized spacial score (nSPS) is 22.4. The third-order valence-electron chi connectivity index (χ3n) is 7.57. The zero-order chi connectivity index (χ0) is 40.8. The van der Waals surface area contributed by atoms with E-state index in [4.69, 9.17) is 19.5 Å². The molecule has 2 aromatic heterocycles. The topological polar surface area (TPSA) is 364 Å². The molecule has 0 spiro atoms. The molecular weight excluding hydrogens is 807 g/mol. The van der Waals surface area contributed by atoms with E-state index in [9.17, 15) is 57.9 Å². The lowest BCUT2D eigenvalue weighted by molar-refractivity contribution is -0.137. The molecule has 28 heteroatoms. The molecule has 3 heterocycles. The first-order valence-electron chi connectivity index (χ1n) is 15.7. The van der Waals surface area contributed by atoms with E-state index in [2.05, 4.69) is 47.0 Å². The molecule has 2 amide bonds. The third-order valence-corrected chi connectivity index (χ3v) is 10.9. The van der Waals surface area contributed by atoms with Gasteiger partial charge in [0.15, 0.2) is 17.7 Å². The Labute approximate surface area is 312 Å². The summed E-state index contributed by atoms with van der Waals surface area (Å²) >= 11 is 3.95. The maximum Gasteiger partial charge on any atom is 0.481 e. The van der Waals surface area contributed by atoms with Crippen molar-refractivity contribution in [3.63, 3.8) is 0 Å². The van der Waals surface area contributed by atoms with Crippen molar-refractivity contribution in [2.24, 2.45) is 5.41 Å². The number of hydrogen-bond donors (Lipinski definition) is 10. The van der Waals surface area contributed by atoms with Crippen LogP contribution in [0.15, 0.2) is 18.0 Å². The number of Topliss-reactive ketones (excluding diaryl/α,β-unsaturated/α-hetero) is 1. The molecule has 0 aliphatic carbocycles. The molecule has 1 fully saturated rings. The van der Waals surface area contributed by atoms with Gasteiger partial charge in [-0.1, -0.05) is 19.9 Å². The number of fused-ring (bicyclic) bond motifs is 1. The van der Waals surface area contributed by atoms with Gasteiger partial charge in [0.1, 0.15) is 29.9 Å². The lowest BCUT2D eigenvalue weighted by Gasteiger charge is -2.30. The number of ketones is 1. The first kappa shape index (κ1) is 45.7. The average Bonchev–Trinajstić information content (AvgIpc) is 3.63. The maximum atomic E-state index is 12.7.